The third-order valence-corrected chi connectivity index (χ3v) is 7.51. The van der Waals surface area contributed by atoms with E-state index in [0.717, 1.165) is 48.1 Å². The lowest BCUT2D eigenvalue weighted by atomic mass is 9.97. The average Bonchev–Trinajstić information content (AvgIpc) is 3.18. The van der Waals surface area contributed by atoms with Crippen LogP contribution in [0.5, 0.6) is 0 Å². The van der Waals surface area contributed by atoms with Gasteiger partial charge in [-0.15, -0.1) is 11.3 Å². The first-order valence-corrected chi connectivity index (χ1v) is 12.1. The molecule has 1 saturated heterocycles. The number of piperazine rings is 1. The molecule has 2 amide bonds. The highest BCUT2D eigenvalue weighted by Crippen LogP contribution is 2.40. The number of aromatic nitrogens is 2. The van der Waals surface area contributed by atoms with Gasteiger partial charge in [0.2, 0.25) is 0 Å². The van der Waals surface area contributed by atoms with Crippen molar-refractivity contribution in [1.82, 2.24) is 14.9 Å². The summed E-state index contributed by atoms with van der Waals surface area (Å²) < 4.78 is 0. The van der Waals surface area contributed by atoms with Gasteiger partial charge >= 0.3 is 6.03 Å². The fourth-order valence-electron chi connectivity index (χ4n) is 4.53. The first-order chi connectivity index (χ1) is 15.1. The van der Waals surface area contributed by atoms with Gasteiger partial charge in [-0.05, 0) is 50.3 Å². The quantitative estimate of drug-likeness (QED) is 0.642. The monoisotopic (exact) mass is 435 g/mol. The number of nitrogens with one attached hydrogen (secondary N) is 1. The Labute approximate surface area is 187 Å². The van der Waals surface area contributed by atoms with Crippen LogP contribution in [-0.2, 0) is 19.3 Å². The first-order valence-electron chi connectivity index (χ1n) is 11.3. The van der Waals surface area contributed by atoms with E-state index in [1.54, 1.807) is 0 Å². The number of hydrogen-bond donors (Lipinski definition) is 1. The van der Waals surface area contributed by atoms with Gasteiger partial charge in [0.25, 0.3) is 0 Å². The van der Waals surface area contributed by atoms with Crippen molar-refractivity contribution in [2.45, 2.75) is 46.0 Å². The average molecular weight is 436 g/mol. The van der Waals surface area contributed by atoms with Gasteiger partial charge in [-0.25, -0.2) is 14.8 Å². The summed E-state index contributed by atoms with van der Waals surface area (Å²) in [5, 5.41) is 4.30. The number of anilines is 2. The highest BCUT2D eigenvalue weighted by atomic mass is 32.1. The molecular weight excluding hydrogens is 406 g/mol. The molecule has 31 heavy (non-hydrogen) atoms. The van der Waals surface area contributed by atoms with Gasteiger partial charge in [0, 0.05) is 43.2 Å². The van der Waals surface area contributed by atoms with Crippen molar-refractivity contribution in [3.63, 3.8) is 0 Å². The Morgan fingerprint density at radius 1 is 1.06 bits per heavy atom. The normalized spacial score (nSPS) is 16.5. The molecule has 0 radical (unpaired) electrons. The predicted molar refractivity (Wildman–Crippen MR) is 127 cm³/mol. The van der Waals surface area contributed by atoms with E-state index in [4.69, 9.17) is 9.97 Å². The molecule has 6 nitrogen and oxygen atoms in total. The second-order valence-corrected chi connectivity index (χ2v) is 9.56. The van der Waals surface area contributed by atoms with Gasteiger partial charge in [0.05, 0.1) is 5.39 Å². The molecule has 3 aromatic rings. The zero-order valence-electron chi connectivity index (χ0n) is 18.3. The van der Waals surface area contributed by atoms with Gasteiger partial charge in [0.15, 0.2) is 0 Å². The molecule has 1 aliphatic carbocycles. The number of rotatable bonds is 3. The van der Waals surface area contributed by atoms with Crippen LogP contribution in [0.4, 0.5) is 16.3 Å². The van der Waals surface area contributed by atoms with Crippen LogP contribution in [0.2, 0.25) is 0 Å². The van der Waals surface area contributed by atoms with E-state index in [1.807, 2.05) is 47.4 Å². The minimum Gasteiger partial charge on any atom is -0.352 e. The zero-order valence-corrected chi connectivity index (χ0v) is 19.1. The Bertz CT molecular complexity index is 1100. The molecule has 0 spiro atoms. The molecule has 0 atom stereocenters. The first kappa shape index (κ1) is 20.2. The molecule has 0 unspecified atom stereocenters. The van der Waals surface area contributed by atoms with E-state index in [-0.39, 0.29) is 6.03 Å². The van der Waals surface area contributed by atoms with Crippen molar-refractivity contribution >= 4 is 39.1 Å². The maximum Gasteiger partial charge on any atom is 0.321 e. The maximum absolute atomic E-state index is 12.7. The number of thiophene rings is 1. The van der Waals surface area contributed by atoms with E-state index in [2.05, 4.69) is 17.1 Å². The maximum atomic E-state index is 12.7. The van der Waals surface area contributed by atoms with E-state index in [1.165, 1.54) is 40.7 Å². The van der Waals surface area contributed by atoms with Crippen LogP contribution in [0.1, 0.15) is 41.6 Å². The Balaban J connectivity index is 1.34. The van der Waals surface area contributed by atoms with Crippen molar-refractivity contribution in [2.24, 2.45) is 0 Å². The van der Waals surface area contributed by atoms with Crippen LogP contribution < -0.4 is 10.2 Å². The van der Waals surface area contributed by atoms with Crippen molar-refractivity contribution < 1.29 is 4.79 Å². The van der Waals surface area contributed by atoms with E-state index >= 15 is 0 Å². The second kappa shape index (κ2) is 8.46. The number of fused-ring (bicyclic) bond motifs is 3. The lowest BCUT2D eigenvalue weighted by Gasteiger charge is -2.36. The summed E-state index contributed by atoms with van der Waals surface area (Å²) in [5.41, 5.74) is 3.50. The van der Waals surface area contributed by atoms with E-state index in [9.17, 15) is 4.79 Å². The summed E-state index contributed by atoms with van der Waals surface area (Å²) in [6.45, 7) is 7.13. The third-order valence-electron chi connectivity index (χ3n) is 6.33. The number of carbonyl (C=O) groups excluding carboxylic acids is 1. The predicted octanol–water partition coefficient (Wildman–Crippen LogP) is 4.80. The Morgan fingerprint density at radius 2 is 1.81 bits per heavy atom. The highest BCUT2D eigenvalue weighted by Gasteiger charge is 2.27. The Kier molecular flexibility index (Phi) is 5.52. The van der Waals surface area contributed by atoms with Gasteiger partial charge < -0.3 is 15.1 Å². The summed E-state index contributed by atoms with van der Waals surface area (Å²) in [4.78, 5) is 29.5. The van der Waals surface area contributed by atoms with Crippen molar-refractivity contribution in [2.75, 3.05) is 36.4 Å². The molecule has 7 heteroatoms. The summed E-state index contributed by atoms with van der Waals surface area (Å²) in [6.07, 6.45) is 5.67. The van der Waals surface area contributed by atoms with Crippen molar-refractivity contribution in [1.29, 1.82) is 0 Å². The van der Waals surface area contributed by atoms with Crippen LogP contribution >= 0.6 is 11.3 Å². The fourth-order valence-corrected chi connectivity index (χ4v) is 5.80. The van der Waals surface area contributed by atoms with Crippen LogP contribution in [0, 0.1) is 6.92 Å². The fraction of sp³-hybridized carbons (Fsp3) is 0.458. The van der Waals surface area contributed by atoms with Crippen LogP contribution in [0.3, 0.4) is 0 Å². The number of nitrogens with zero attached hydrogens (tertiary/aromatic N) is 4. The zero-order chi connectivity index (χ0) is 21.4. The SMILES string of the molecule is CCc1nc(N2CCN(C(=O)Nc3ccc(C)cc3)CC2)c2c3c(sc2n1)CCCC3. The van der Waals surface area contributed by atoms with Crippen molar-refractivity contribution in [3.8, 4) is 0 Å². The molecule has 3 heterocycles. The topological polar surface area (TPSA) is 61.4 Å². The van der Waals surface area contributed by atoms with Crippen LogP contribution in [0.15, 0.2) is 24.3 Å². The summed E-state index contributed by atoms with van der Waals surface area (Å²) in [6, 6.07) is 7.90. The van der Waals surface area contributed by atoms with Gasteiger partial charge in [-0.3, -0.25) is 0 Å². The van der Waals surface area contributed by atoms with Crippen molar-refractivity contribution in [3.05, 3.63) is 46.1 Å². The summed E-state index contributed by atoms with van der Waals surface area (Å²) in [7, 11) is 0. The minimum absolute atomic E-state index is 0.0292. The number of amides is 2. The molecule has 1 aliphatic heterocycles. The summed E-state index contributed by atoms with van der Waals surface area (Å²) in [5.74, 6) is 2.00. The Hall–Kier alpha value is -2.67. The van der Waals surface area contributed by atoms with Gasteiger partial charge in [-0.2, -0.15) is 0 Å². The molecule has 2 aromatic heterocycles. The van der Waals surface area contributed by atoms with E-state index < -0.39 is 0 Å². The number of urea groups is 1. The Morgan fingerprint density at radius 3 is 2.55 bits per heavy atom. The largest absolute Gasteiger partial charge is 0.352 e. The van der Waals surface area contributed by atoms with Gasteiger partial charge in [0.1, 0.15) is 16.5 Å². The molecule has 0 bridgehead atoms. The van der Waals surface area contributed by atoms with Crippen LogP contribution in [0.25, 0.3) is 10.2 Å². The molecule has 0 saturated carbocycles. The lowest BCUT2D eigenvalue weighted by molar-refractivity contribution is 0.208. The van der Waals surface area contributed by atoms with E-state index in [0.29, 0.717) is 13.1 Å². The molecule has 1 N–H and O–H groups in total. The standard InChI is InChI=1S/C24H29N5OS/c1-3-20-26-22(21-18-6-4-5-7-19(18)31-23(21)27-20)28-12-14-29(15-13-28)24(30)25-17-10-8-16(2)9-11-17/h8-11H,3-7,12-15H2,1-2H3,(H,25,30). The molecule has 2 aliphatic rings. The van der Waals surface area contributed by atoms with Crippen LogP contribution in [-0.4, -0.2) is 47.1 Å². The molecule has 5 rings (SSSR count). The molecule has 162 valence electrons. The summed E-state index contributed by atoms with van der Waals surface area (Å²) >= 11 is 1.86. The molecule has 1 aromatic carbocycles. The number of hydrogen-bond acceptors (Lipinski definition) is 5. The smallest absolute Gasteiger partial charge is 0.321 e. The number of carbonyl (C=O) groups is 1. The number of benzene rings is 1. The molecular formula is C24H29N5OS. The minimum atomic E-state index is -0.0292. The lowest BCUT2D eigenvalue weighted by Crippen LogP contribution is -2.50. The number of aryl methyl sites for hydroxylation is 4. The highest BCUT2D eigenvalue weighted by molar-refractivity contribution is 7.19. The molecule has 1 fully saturated rings. The van der Waals surface area contributed by atoms with Gasteiger partial charge in [-0.1, -0.05) is 24.6 Å². The third kappa shape index (κ3) is 3.99. The second-order valence-electron chi connectivity index (χ2n) is 8.48.